The minimum absolute atomic E-state index is 0.0849. The van der Waals surface area contributed by atoms with Crippen molar-refractivity contribution in [2.75, 3.05) is 0 Å². The predicted molar refractivity (Wildman–Crippen MR) is 133 cm³/mol. The molecule has 0 fully saturated rings. The minimum Gasteiger partial charge on any atom is -0.869 e. The van der Waals surface area contributed by atoms with Crippen LogP contribution in [0.15, 0.2) is 111 Å². The van der Waals surface area contributed by atoms with Crippen LogP contribution in [0.4, 0.5) is 0 Å². The molecule has 9 heteroatoms. The number of Topliss-reactive ketones (excluding diaryl/α,β-unsaturated/α-hetero) is 1. The van der Waals surface area contributed by atoms with E-state index in [1.54, 1.807) is 49.1 Å². The summed E-state index contributed by atoms with van der Waals surface area (Å²) in [6.07, 6.45) is 5.00. The molecule has 0 unspecified atom stereocenters. The molecule has 0 N–H and O–H groups in total. The molecule has 174 valence electrons. The number of carbonyl (C=O) groups excluding carboxylic acids is 1. The number of benzene rings is 3. The van der Waals surface area contributed by atoms with Crippen molar-refractivity contribution < 1.29 is 22.9 Å². The highest BCUT2D eigenvalue weighted by molar-refractivity contribution is 9.10. The van der Waals surface area contributed by atoms with E-state index in [2.05, 4.69) is 20.3 Å². The molecular formula is C26H18BrN3O4S. The molecule has 0 spiro atoms. The number of fused-ring (bicyclic) bond motifs is 1. The number of aromatic nitrogens is 2. The Morgan fingerprint density at radius 2 is 1.57 bits per heavy atom. The summed E-state index contributed by atoms with van der Waals surface area (Å²) < 4.78 is 34.1. The van der Waals surface area contributed by atoms with E-state index in [1.165, 1.54) is 22.8 Å². The van der Waals surface area contributed by atoms with Crippen LogP contribution in [0, 0.1) is 0 Å². The van der Waals surface area contributed by atoms with E-state index in [4.69, 9.17) is 0 Å². The second-order valence-corrected chi connectivity index (χ2v) is 10.4. The SMILES string of the molecule is O=C1C(=NS(=O)(=O)c2ccc(Br)cc2)C(n2cc[n+](Cc3ccccc3)c2)=C([O-])c2ccccc21. The van der Waals surface area contributed by atoms with Crippen LogP contribution in [0.1, 0.15) is 21.5 Å². The van der Waals surface area contributed by atoms with Crippen molar-refractivity contribution in [2.24, 2.45) is 4.40 Å². The monoisotopic (exact) mass is 547 g/mol. The van der Waals surface area contributed by atoms with E-state index in [1.807, 2.05) is 34.9 Å². The second-order valence-electron chi connectivity index (χ2n) is 7.90. The molecule has 5 rings (SSSR count). The van der Waals surface area contributed by atoms with Gasteiger partial charge in [-0.2, -0.15) is 12.8 Å². The molecule has 0 bridgehead atoms. The number of hydrogen-bond donors (Lipinski definition) is 0. The van der Waals surface area contributed by atoms with Crippen LogP contribution in [0.2, 0.25) is 0 Å². The van der Waals surface area contributed by atoms with Crippen LogP contribution in [0.3, 0.4) is 0 Å². The first-order valence-electron chi connectivity index (χ1n) is 10.6. The Morgan fingerprint density at radius 3 is 2.29 bits per heavy atom. The Labute approximate surface area is 210 Å². The van der Waals surface area contributed by atoms with Gasteiger partial charge in [-0.25, -0.2) is 9.13 Å². The van der Waals surface area contributed by atoms with Gasteiger partial charge >= 0.3 is 0 Å². The van der Waals surface area contributed by atoms with Gasteiger partial charge in [0.25, 0.3) is 10.0 Å². The Bertz CT molecular complexity index is 1610. The van der Waals surface area contributed by atoms with Crippen LogP contribution in [0.5, 0.6) is 0 Å². The molecule has 0 saturated heterocycles. The maximum absolute atomic E-state index is 13.5. The number of imidazole rings is 1. The lowest BCUT2D eigenvalue weighted by Crippen LogP contribution is -2.33. The van der Waals surface area contributed by atoms with Crippen LogP contribution in [-0.4, -0.2) is 24.5 Å². The van der Waals surface area contributed by atoms with E-state index in [9.17, 15) is 18.3 Å². The van der Waals surface area contributed by atoms with E-state index in [-0.39, 0.29) is 21.7 Å². The van der Waals surface area contributed by atoms with Gasteiger partial charge in [0.1, 0.15) is 18.9 Å². The fourth-order valence-corrected chi connectivity index (χ4v) is 5.13. The molecule has 1 aliphatic rings. The molecule has 7 nitrogen and oxygen atoms in total. The van der Waals surface area contributed by atoms with Gasteiger partial charge < -0.3 is 5.11 Å². The van der Waals surface area contributed by atoms with Gasteiger partial charge in [0.05, 0.1) is 4.90 Å². The lowest BCUT2D eigenvalue weighted by molar-refractivity contribution is -0.687. The average Bonchev–Trinajstić information content (AvgIpc) is 3.31. The lowest BCUT2D eigenvalue weighted by Gasteiger charge is -2.24. The molecule has 0 atom stereocenters. The van der Waals surface area contributed by atoms with Crippen LogP contribution < -0.4 is 9.67 Å². The highest BCUT2D eigenvalue weighted by atomic mass is 79.9. The van der Waals surface area contributed by atoms with Crippen LogP contribution in [0.25, 0.3) is 11.5 Å². The van der Waals surface area contributed by atoms with E-state index >= 15 is 0 Å². The van der Waals surface area contributed by atoms with Crippen molar-refractivity contribution in [2.45, 2.75) is 11.4 Å². The molecule has 1 heterocycles. The Morgan fingerprint density at radius 1 is 0.914 bits per heavy atom. The van der Waals surface area contributed by atoms with E-state index < -0.39 is 27.3 Å². The van der Waals surface area contributed by atoms with Crippen molar-refractivity contribution in [3.8, 4) is 0 Å². The number of hydrogen-bond acceptors (Lipinski definition) is 4. The fraction of sp³-hybridized carbons (Fsp3) is 0.0385. The van der Waals surface area contributed by atoms with Crippen molar-refractivity contribution in [3.63, 3.8) is 0 Å². The molecule has 0 saturated carbocycles. The highest BCUT2D eigenvalue weighted by Gasteiger charge is 2.33. The maximum atomic E-state index is 13.5. The summed E-state index contributed by atoms with van der Waals surface area (Å²) in [7, 11) is -4.27. The number of carbonyl (C=O) groups is 1. The third kappa shape index (κ3) is 4.48. The zero-order valence-electron chi connectivity index (χ0n) is 18.2. The van der Waals surface area contributed by atoms with Gasteiger partial charge in [-0.1, -0.05) is 70.5 Å². The number of ketones is 1. The number of rotatable bonds is 5. The predicted octanol–water partition coefficient (Wildman–Crippen LogP) is 3.30. The van der Waals surface area contributed by atoms with Gasteiger partial charge in [-0.05, 0) is 41.2 Å². The molecule has 0 amide bonds. The molecule has 1 aromatic heterocycles. The summed E-state index contributed by atoms with van der Waals surface area (Å²) in [6, 6.07) is 22.0. The third-order valence-corrected chi connectivity index (χ3v) is 7.37. The number of sulfonamides is 1. The summed E-state index contributed by atoms with van der Waals surface area (Å²) in [5.74, 6) is -1.10. The van der Waals surface area contributed by atoms with Crippen molar-refractivity contribution in [1.82, 2.24) is 4.57 Å². The molecule has 3 aromatic carbocycles. The highest BCUT2D eigenvalue weighted by Crippen LogP contribution is 2.30. The first-order valence-corrected chi connectivity index (χ1v) is 12.8. The molecular weight excluding hydrogens is 530 g/mol. The zero-order valence-corrected chi connectivity index (χ0v) is 20.6. The van der Waals surface area contributed by atoms with Gasteiger partial charge in [0.15, 0.2) is 11.4 Å². The molecule has 0 radical (unpaired) electrons. The van der Waals surface area contributed by atoms with Gasteiger partial charge in [-0.3, -0.25) is 4.79 Å². The van der Waals surface area contributed by atoms with Gasteiger partial charge in [-0.15, -0.1) is 0 Å². The summed E-state index contributed by atoms with van der Waals surface area (Å²) in [4.78, 5) is 13.3. The number of halogens is 1. The summed E-state index contributed by atoms with van der Waals surface area (Å²) in [5, 5.41) is 13.5. The summed E-state index contributed by atoms with van der Waals surface area (Å²) in [6.45, 7) is 0.531. The molecule has 1 aliphatic carbocycles. The quantitative estimate of drug-likeness (QED) is 0.358. The maximum Gasteiger partial charge on any atom is 0.283 e. The van der Waals surface area contributed by atoms with Crippen LogP contribution >= 0.6 is 15.9 Å². The fourth-order valence-electron chi connectivity index (χ4n) is 3.87. The number of allylic oxidation sites excluding steroid dienone is 1. The van der Waals surface area contributed by atoms with E-state index in [0.29, 0.717) is 11.0 Å². The lowest BCUT2D eigenvalue weighted by atomic mass is 9.91. The Hall–Kier alpha value is -3.82. The van der Waals surface area contributed by atoms with Gasteiger partial charge in [0.2, 0.25) is 12.1 Å². The molecule has 0 aliphatic heterocycles. The standard InChI is InChI=1S/C26H18BrN3O4S/c27-19-10-12-20(13-11-19)35(33,34)28-23-24(26(32)22-9-5-4-8-21(22)25(23)31)30-15-14-29(17-30)16-18-6-2-1-3-7-18/h1-15,17H,16H2. The third-order valence-electron chi connectivity index (χ3n) is 5.55. The first kappa shape index (κ1) is 22.9. The Kier molecular flexibility index (Phi) is 5.96. The normalized spacial score (nSPS) is 14.9. The van der Waals surface area contributed by atoms with Crippen molar-refractivity contribution >= 4 is 48.9 Å². The zero-order chi connectivity index (χ0) is 24.6. The molecule has 35 heavy (non-hydrogen) atoms. The average molecular weight is 548 g/mol. The smallest absolute Gasteiger partial charge is 0.283 e. The van der Waals surface area contributed by atoms with Crippen LogP contribution in [-0.2, 0) is 16.6 Å². The topological polar surface area (TPSA) is 95.4 Å². The minimum atomic E-state index is -4.27. The molecule has 4 aromatic rings. The first-order chi connectivity index (χ1) is 16.8. The van der Waals surface area contributed by atoms with Gasteiger partial charge in [0, 0.05) is 10.0 Å². The summed E-state index contributed by atoms with van der Waals surface area (Å²) in [5.41, 5.74) is 0.842. The van der Waals surface area contributed by atoms with E-state index in [0.717, 1.165) is 5.56 Å². The van der Waals surface area contributed by atoms with Crippen molar-refractivity contribution in [3.05, 3.63) is 119 Å². The Balaban J connectivity index is 1.65. The second kappa shape index (κ2) is 9.09. The largest absolute Gasteiger partial charge is 0.869 e. The number of nitrogens with zero attached hydrogens (tertiary/aromatic N) is 3. The van der Waals surface area contributed by atoms with Crippen molar-refractivity contribution in [1.29, 1.82) is 0 Å². The summed E-state index contributed by atoms with van der Waals surface area (Å²) >= 11 is 3.27.